The number of benzene rings is 1. The van der Waals surface area contributed by atoms with E-state index in [-0.39, 0.29) is 0 Å². The Morgan fingerprint density at radius 3 is 2.24 bits per heavy atom. The molecule has 134 valence electrons. The Bertz CT molecular complexity index is 800. The van der Waals surface area contributed by atoms with Gasteiger partial charge in [0.2, 0.25) is 0 Å². The lowest BCUT2D eigenvalue weighted by molar-refractivity contribution is 0.00578. The summed E-state index contributed by atoms with van der Waals surface area (Å²) >= 11 is 0. The molecule has 0 atom stereocenters. The molecular formula is C19H26BNO4. The van der Waals surface area contributed by atoms with Gasteiger partial charge in [-0.25, -0.2) is 4.79 Å². The summed E-state index contributed by atoms with van der Waals surface area (Å²) in [6.45, 7) is 13.7. The normalized spacial score (nSPS) is 19.4. The molecule has 1 saturated heterocycles. The summed E-state index contributed by atoms with van der Waals surface area (Å²) in [5.41, 5.74) is 0.331. The van der Waals surface area contributed by atoms with Crippen LogP contribution in [0.15, 0.2) is 30.5 Å². The van der Waals surface area contributed by atoms with Gasteiger partial charge >= 0.3 is 13.2 Å². The van der Waals surface area contributed by atoms with Gasteiger partial charge in [0.05, 0.1) is 16.7 Å². The lowest BCUT2D eigenvalue weighted by Crippen LogP contribution is -2.41. The van der Waals surface area contributed by atoms with Gasteiger partial charge in [0.15, 0.2) is 0 Å². The van der Waals surface area contributed by atoms with E-state index in [4.69, 9.17) is 14.0 Å². The summed E-state index contributed by atoms with van der Waals surface area (Å²) < 4.78 is 19.3. The maximum Gasteiger partial charge on any atom is 0.495 e. The number of rotatable bonds is 1. The molecular weight excluding hydrogens is 317 g/mol. The zero-order valence-corrected chi connectivity index (χ0v) is 16.0. The zero-order valence-electron chi connectivity index (χ0n) is 16.0. The Morgan fingerprint density at radius 1 is 1.08 bits per heavy atom. The maximum atomic E-state index is 12.5. The molecule has 3 rings (SSSR count). The fraction of sp³-hybridized carbons (Fsp3) is 0.526. The van der Waals surface area contributed by atoms with E-state index in [1.165, 1.54) is 4.57 Å². The van der Waals surface area contributed by atoms with Crippen LogP contribution in [-0.2, 0) is 14.0 Å². The van der Waals surface area contributed by atoms with E-state index in [1.807, 2.05) is 72.7 Å². The van der Waals surface area contributed by atoms with Crippen LogP contribution in [0.2, 0.25) is 0 Å². The molecule has 2 heterocycles. The molecule has 1 fully saturated rings. The average Bonchev–Trinajstić information content (AvgIpc) is 2.95. The number of hydrogen-bond donors (Lipinski definition) is 0. The van der Waals surface area contributed by atoms with Crippen molar-refractivity contribution in [3.63, 3.8) is 0 Å². The Balaban J connectivity index is 1.99. The second kappa shape index (κ2) is 5.61. The standard InChI is InChI=1S/C19H26BNO4/c1-17(2,3)23-16(22)21-12-11-13-14(9-8-10-15(13)21)20-24-18(4,5)19(6,7)25-20/h8-12H,1-7H3. The van der Waals surface area contributed by atoms with Gasteiger partial charge in [0, 0.05) is 6.20 Å². The summed E-state index contributed by atoms with van der Waals surface area (Å²) in [6, 6.07) is 7.68. The first-order valence-corrected chi connectivity index (χ1v) is 8.60. The van der Waals surface area contributed by atoms with Crippen LogP contribution in [0.4, 0.5) is 4.79 Å². The second-order valence-corrected chi connectivity index (χ2v) is 8.53. The highest BCUT2D eigenvalue weighted by atomic mass is 16.7. The Kier molecular flexibility index (Phi) is 4.04. The SMILES string of the molecule is CC(C)(C)OC(=O)n1ccc2c(B3OC(C)(C)C(C)(C)O3)cccc21. The lowest BCUT2D eigenvalue weighted by atomic mass is 9.77. The van der Waals surface area contributed by atoms with Gasteiger partial charge in [-0.05, 0) is 71.4 Å². The molecule has 0 bridgehead atoms. The molecule has 0 saturated carbocycles. The van der Waals surface area contributed by atoms with E-state index in [9.17, 15) is 4.79 Å². The number of carbonyl (C=O) groups excluding carboxylic acids is 1. The van der Waals surface area contributed by atoms with Crippen LogP contribution in [0.1, 0.15) is 48.5 Å². The van der Waals surface area contributed by atoms with Crippen LogP contribution in [0.3, 0.4) is 0 Å². The van der Waals surface area contributed by atoms with Crippen molar-refractivity contribution in [2.75, 3.05) is 0 Å². The van der Waals surface area contributed by atoms with Gasteiger partial charge in [0.1, 0.15) is 5.60 Å². The molecule has 2 aromatic rings. The van der Waals surface area contributed by atoms with Crippen molar-refractivity contribution in [1.29, 1.82) is 0 Å². The molecule has 0 aliphatic carbocycles. The van der Waals surface area contributed by atoms with Crippen molar-refractivity contribution in [1.82, 2.24) is 4.57 Å². The van der Waals surface area contributed by atoms with E-state index in [1.54, 1.807) is 6.20 Å². The molecule has 0 N–H and O–H groups in total. The van der Waals surface area contributed by atoms with Crippen LogP contribution in [0.25, 0.3) is 10.9 Å². The predicted octanol–water partition coefficient (Wildman–Crippen LogP) is 3.72. The van der Waals surface area contributed by atoms with E-state index in [2.05, 4.69) is 0 Å². The van der Waals surface area contributed by atoms with E-state index >= 15 is 0 Å². The largest absolute Gasteiger partial charge is 0.495 e. The first-order chi connectivity index (χ1) is 11.4. The second-order valence-electron chi connectivity index (χ2n) is 8.53. The molecule has 1 aromatic heterocycles. The van der Waals surface area contributed by atoms with Crippen LogP contribution >= 0.6 is 0 Å². The fourth-order valence-corrected chi connectivity index (χ4v) is 2.84. The summed E-state index contributed by atoms with van der Waals surface area (Å²) in [5.74, 6) is 0. The van der Waals surface area contributed by atoms with E-state index in [0.29, 0.717) is 0 Å². The monoisotopic (exact) mass is 343 g/mol. The molecule has 25 heavy (non-hydrogen) atoms. The van der Waals surface area contributed by atoms with E-state index in [0.717, 1.165) is 16.4 Å². The van der Waals surface area contributed by atoms with Gasteiger partial charge < -0.3 is 14.0 Å². The third-order valence-corrected chi connectivity index (χ3v) is 4.86. The Labute approximate surface area is 149 Å². The van der Waals surface area contributed by atoms with Crippen LogP contribution in [-0.4, -0.2) is 34.6 Å². The third-order valence-electron chi connectivity index (χ3n) is 4.86. The molecule has 5 nitrogen and oxygen atoms in total. The summed E-state index contributed by atoms with van der Waals surface area (Å²) in [5, 5.41) is 0.923. The molecule has 0 spiro atoms. The van der Waals surface area contributed by atoms with Crippen molar-refractivity contribution in [3.05, 3.63) is 30.5 Å². The number of ether oxygens (including phenoxy) is 1. The van der Waals surface area contributed by atoms with Gasteiger partial charge in [0.25, 0.3) is 0 Å². The minimum Gasteiger partial charge on any atom is -0.443 e. The number of nitrogens with zero attached hydrogens (tertiary/aromatic N) is 1. The molecule has 0 unspecified atom stereocenters. The minimum atomic E-state index is -0.545. The van der Waals surface area contributed by atoms with Crippen molar-refractivity contribution in [2.45, 2.75) is 65.3 Å². The quantitative estimate of drug-likeness (QED) is 0.741. The molecule has 6 heteroatoms. The molecule has 1 aromatic carbocycles. The summed E-state index contributed by atoms with van der Waals surface area (Å²) in [7, 11) is -0.469. The molecule has 0 radical (unpaired) electrons. The molecule has 1 aliphatic rings. The minimum absolute atomic E-state index is 0.395. The van der Waals surface area contributed by atoms with Crippen LogP contribution in [0.5, 0.6) is 0 Å². The van der Waals surface area contributed by atoms with Gasteiger partial charge in [-0.3, -0.25) is 4.57 Å². The number of fused-ring (bicyclic) bond motifs is 1. The smallest absolute Gasteiger partial charge is 0.443 e. The highest BCUT2D eigenvalue weighted by molar-refractivity contribution is 6.65. The number of aromatic nitrogens is 1. The average molecular weight is 343 g/mol. The van der Waals surface area contributed by atoms with Crippen LogP contribution < -0.4 is 5.46 Å². The zero-order chi connectivity index (χ0) is 18.6. The van der Waals surface area contributed by atoms with Crippen molar-refractivity contribution in [3.8, 4) is 0 Å². The number of hydrogen-bond acceptors (Lipinski definition) is 4. The predicted molar refractivity (Wildman–Crippen MR) is 99.3 cm³/mol. The van der Waals surface area contributed by atoms with Gasteiger partial charge in [-0.2, -0.15) is 0 Å². The van der Waals surface area contributed by atoms with Crippen molar-refractivity contribution >= 4 is 29.6 Å². The summed E-state index contributed by atoms with van der Waals surface area (Å²) in [6.07, 6.45) is 1.33. The van der Waals surface area contributed by atoms with Gasteiger partial charge in [-0.15, -0.1) is 0 Å². The van der Waals surface area contributed by atoms with Gasteiger partial charge in [-0.1, -0.05) is 12.1 Å². The lowest BCUT2D eigenvalue weighted by Gasteiger charge is -2.32. The van der Waals surface area contributed by atoms with Crippen molar-refractivity contribution < 1.29 is 18.8 Å². The molecule has 1 aliphatic heterocycles. The molecule has 0 amide bonds. The summed E-state index contributed by atoms with van der Waals surface area (Å²) in [4.78, 5) is 12.5. The highest BCUT2D eigenvalue weighted by Crippen LogP contribution is 2.37. The van der Waals surface area contributed by atoms with Crippen LogP contribution in [0, 0.1) is 0 Å². The number of carbonyl (C=O) groups is 1. The van der Waals surface area contributed by atoms with E-state index < -0.39 is 30.0 Å². The first kappa shape index (κ1) is 18.0. The first-order valence-electron chi connectivity index (χ1n) is 8.60. The topological polar surface area (TPSA) is 49.7 Å². The Morgan fingerprint density at radius 2 is 1.68 bits per heavy atom. The highest BCUT2D eigenvalue weighted by Gasteiger charge is 2.52. The fourth-order valence-electron chi connectivity index (χ4n) is 2.84. The maximum absolute atomic E-state index is 12.5. The van der Waals surface area contributed by atoms with Crippen molar-refractivity contribution in [2.24, 2.45) is 0 Å². The Hall–Kier alpha value is -1.79. The third kappa shape index (κ3) is 3.21.